The maximum atomic E-state index is 12.6. The van der Waals surface area contributed by atoms with Gasteiger partial charge in [-0.25, -0.2) is 10.4 Å². The van der Waals surface area contributed by atoms with Crippen LogP contribution in [0.25, 0.3) is 11.0 Å². The van der Waals surface area contributed by atoms with Gasteiger partial charge in [0.2, 0.25) is 5.91 Å². The zero-order valence-electron chi connectivity index (χ0n) is 14.8. The van der Waals surface area contributed by atoms with Crippen molar-refractivity contribution in [2.75, 3.05) is 13.6 Å². The SMILES string of the molecule is CN(CC1CC(c2ccccc2)NN1)C(=O)Cn1cnc2ccccc21. The molecule has 6 heteroatoms. The summed E-state index contributed by atoms with van der Waals surface area (Å²) in [6.45, 7) is 0.973. The second-order valence-corrected chi connectivity index (χ2v) is 6.82. The van der Waals surface area contributed by atoms with Crippen molar-refractivity contribution in [2.24, 2.45) is 0 Å². The minimum atomic E-state index is 0.0816. The van der Waals surface area contributed by atoms with E-state index in [1.54, 1.807) is 11.2 Å². The smallest absolute Gasteiger partial charge is 0.242 e. The highest BCUT2D eigenvalue weighted by Crippen LogP contribution is 2.22. The lowest BCUT2D eigenvalue weighted by atomic mass is 10.0. The van der Waals surface area contributed by atoms with Gasteiger partial charge in [0.15, 0.2) is 0 Å². The van der Waals surface area contributed by atoms with E-state index in [0.717, 1.165) is 17.5 Å². The van der Waals surface area contributed by atoms with Crippen molar-refractivity contribution in [1.82, 2.24) is 25.3 Å². The third kappa shape index (κ3) is 3.47. The number of carbonyl (C=O) groups excluding carboxylic acids is 1. The van der Waals surface area contributed by atoms with Crippen LogP contribution < -0.4 is 10.9 Å². The summed E-state index contributed by atoms with van der Waals surface area (Å²) in [6.07, 6.45) is 2.69. The number of nitrogens with zero attached hydrogens (tertiary/aromatic N) is 3. The molecular weight excluding hydrogens is 326 g/mol. The zero-order chi connectivity index (χ0) is 17.9. The number of para-hydroxylation sites is 2. The number of hydrogen-bond donors (Lipinski definition) is 2. The maximum absolute atomic E-state index is 12.6. The molecule has 134 valence electrons. The van der Waals surface area contributed by atoms with Gasteiger partial charge in [0, 0.05) is 25.7 Å². The molecule has 3 aromatic rings. The number of hydrogen-bond acceptors (Lipinski definition) is 4. The van der Waals surface area contributed by atoms with E-state index in [9.17, 15) is 4.79 Å². The van der Waals surface area contributed by atoms with E-state index in [2.05, 4.69) is 40.1 Å². The number of carbonyl (C=O) groups is 1. The van der Waals surface area contributed by atoms with E-state index >= 15 is 0 Å². The molecule has 2 unspecified atom stereocenters. The molecule has 0 spiro atoms. The number of aromatic nitrogens is 2. The molecule has 0 radical (unpaired) electrons. The second kappa shape index (κ2) is 7.27. The third-order valence-corrected chi connectivity index (χ3v) is 4.94. The number of benzene rings is 2. The monoisotopic (exact) mass is 349 g/mol. The topological polar surface area (TPSA) is 62.2 Å². The molecule has 1 aromatic heterocycles. The predicted octanol–water partition coefficient (Wildman–Crippen LogP) is 2.10. The quantitative estimate of drug-likeness (QED) is 0.741. The Hall–Kier alpha value is -2.70. The van der Waals surface area contributed by atoms with Gasteiger partial charge in [-0.2, -0.15) is 0 Å². The minimum Gasteiger partial charge on any atom is -0.343 e. The molecule has 0 bridgehead atoms. The van der Waals surface area contributed by atoms with Gasteiger partial charge >= 0.3 is 0 Å². The fraction of sp³-hybridized carbons (Fsp3) is 0.300. The molecule has 6 nitrogen and oxygen atoms in total. The number of fused-ring (bicyclic) bond motifs is 1. The molecule has 26 heavy (non-hydrogen) atoms. The first-order valence-electron chi connectivity index (χ1n) is 8.90. The summed E-state index contributed by atoms with van der Waals surface area (Å²) >= 11 is 0. The van der Waals surface area contributed by atoms with Crippen LogP contribution in [0.1, 0.15) is 18.0 Å². The van der Waals surface area contributed by atoms with Crippen LogP contribution >= 0.6 is 0 Å². The standard InChI is InChI=1S/C20H23N5O/c1-24(12-16-11-18(23-22-16)15-7-3-2-4-8-15)20(26)13-25-14-21-17-9-5-6-10-19(17)25/h2-10,14,16,18,22-23H,11-13H2,1H3. The minimum absolute atomic E-state index is 0.0816. The number of likely N-dealkylation sites (N-methyl/N-ethyl adjacent to an activating group) is 1. The van der Waals surface area contributed by atoms with Crippen molar-refractivity contribution in [2.45, 2.75) is 25.0 Å². The molecule has 1 amide bonds. The van der Waals surface area contributed by atoms with Crippen molar-refractivity contribution in [3.8, 4) is 0 Å². The molecule has 1 saturated heterocycles. The number of amides is 1. The highest BCUT2D eigenvalue weighted by molar-refractivity contribution is 5.80. The molecule has 1 aliphatic rings. The van der Waals surface area contributed by atoms with Crippen LogP contribution in [0, 0.1) is 0 Å². The van der Waals surface area contributed by atoms with Crippen molar-refractivity contribution < 1.29 is 4.79 Å². The summed E-state index contributed by atoms with van der Waals surface area (Å²) in [4.78, 5) is 18.8. The highest BCUT2D eigenvalue weighted by atomic mass is 16.2. The molecular formula is C20H23N5O. The first-order valence-corrected chi connectivity index (χ1v) is 8.90. The van der Waals surface area contributed by atoms with Gasteiger partial charge in [0.05, 0.1) is 17.4 Å². The van der Waals surface area contributed by atoms with Gasteiger partial charge in [-0.15, -0.1) is 0 Å². The van der Waals surface area contributed by atoms with E-state index in [1.165, 1.54) is 5.56 Å². The number of nitrogens with one attached hydrogen (secondary N) is 2. The molecule has 2 heterocycles. The third-order valence-electron chi connectivity index (χ3n) is 4.94. The van der Waals surface area contributed by atoms with E-state index < -0.39 is 0 Å². The van der Waals surface area contributed by atoms with Crippen LogP contribution in [0.2, 0.25) is 0 Å². The first-order chi connectivity index (χ1) is 12.7. The maximum Gasteiger partial charge on any atom is 0.242 e. The van der Waals surface area contributed by atoms with Crippen molar-refractivity contribution in [3.63, 3.8) is 0 Å². The summed E-state index contributed by atoms with van der Waals surface area (Å²) in [7, 11) is 1.86. The van der Waals surface area contributed by atoms with Gasteiger partial charge in [-0.3, -0.25) is 10.2 Å². The van der Waals surface area contributed by atoms with Gasteiger partial charge in [0.25, 0.3) is 0 Å². The predicted molar refractivity (Wildman–Crippen MR) is 101 cm³/mol. The molecule has 2 aromatic carbocycles. The summed E-state index contributed by atoms with van der Waals surface area (Å²) in [5.74, 6) is 0.0816. The van der Waals surface area contributed by atoms with Crippen LogP contribution in [0.3, 0.4) is 0 Å². The van der Waals surface area contributed by atoms with Gasteiger partial charge in [0.1, 0.15) is 6.54 Å². The van der Waals surface area contributed by atoms with Gasteiger partial charge < -0.3 is 9.47 Å². The Morgan fingerprint density at radius 1 is 1.15 bits per heavy atom. The zero-order valence-corrected chi connectivity index (χ0v) is 14.8. The normalized spacial score (nSPS) is 19.7. The Kier molecular flexibility index (Phi) is 4.69. The summed E-state index contributed by atoms with van der Waals surface area (Å²) in [5, 5.41) is 0. The fourth-order valence-corrected chi connectivity index (χ4v) is 3.48. The average molecular weight is 349 g/mol. The van der Waals surface area contributed by atoms with Crippen molar-refractivity contribution in [1.29, 1.82) is 0 Å². The lowest BCUT2D eigenvalue weighted by Crippen LogP contribution is -2.42. The Morgan fingerprint density at radius 3 is 2.77 bits per heavy atom. The fourth-order valence-electron chi connectivity index (χ4n) is 3.48. The van der Waals surface area contributed by atoms with Gasteiger partial charge in [-0.05, 0) is 24.1 Å². The Balaban J connectivity index is 1.35. The molecule has 1 aliphatic heterocycles. The van der Waals surface area contributed by atoms with E-state index in [0.29, 0.717) is 13.1 Å². The van der Waals surface area contributed by atoms with E-state index in [4.69, 9.17) is 0 Å². The number of imidazole rings is 1. The van der Waals surface area contributed by atoms with E-state index in [1.807, 2.05) is 41.9 Å². The second-order valence-electron chi connectivity index (χ2n) is 6.82. The number of hydrazine groups is 1. The van der Waals surface area contributed by atoms with Crippen LogP contribution in [-0.2, 0) is 11.3 Å². The lowest BCUT2D eigenvalue weighted by molar-refractivity contribution is -0.130. The molecule has 0 aliphatic carbocycles. The van der Waals surface area contributed by atoms with Crippen LogP contribution in [0.15, 0.2) is 60.9 Å². The Morgan fingerprint density at radius 2 is 1.92 bits per heavy atom. The van der Waals surface area contributed by atoms with Crippen molar-refractivity contribution >= 4 is 16.9 Å². The van der Waals surface area contributed by atoms with Crippen LogP contribution in [0.5, 0.6) is 0 Å². The summed E-state index contributed by atoms with van der Waals surface area (Å²) in [6, 6.07) is 18.8. The Labute approximate surface area is 152 Å². The van der Waals surface area contributed by atoms with Gasteiger partial charge in [-0.1, -0.05) is 42.5 Å². The highest BCUT2D eigenvalue weighted by Gasteiger charge is 2.26. The number of rotatable bonds is 5. The summed E-state index contributed by atoms with van der Waals surface area (Å²) in [5.41, 5.74) is 9.81. The van der Waals surface area contributed by atoms with Crippen molar-refractivity contribution in [3.05, 3.63) is 66.5 Å². The molecule has 2 atom stereocenters. The molecule has 0 saturated carbocycles. The van der Waals surface area contributed by atoms with E-state index in [-0.39, 0.29) is 18.0 Å². The average Bonchev–Trinajstić information content (AvgIpc) is 3.30. The molecule has 1 fully saturated rings. The van der Waals surface area contributed by atoms with Crippen LogP contribution in [0.4, 0.5) is 0 Å². The van der Waals surface area contributed by atoms with Crippen LogP contribution in [-0.4, -0.2) is 40.0 Å². The Bertz CT molecular complexity index is 891. The lowest BCUT2D eigenvalue weighted by Gasteiger charge is -2.21. The molecule has 2 N–H and O–H groups in total. The first kappa shape index (κ1) is 16.8. The largest absolute Gasteiger partial charge is 0.343 e. The summed E-state index contributed by atoms with van der Waals surface area (Å²) < 4.78 is 1.90. The molecule has 4 rings (SSSR count).